The Kier molecular flexibility index (Phi) is 5.30. The third-order valence-electron chi connectivity index (χ3n) is 4.87. The van der Waals surface area contributed by atoms with Gasteiger partial charge in [0.15, 0.2) is 5.82 Å². The zero-order chi connectivity index (χ0) is 19.5. The molecule has 7 heteroatoms. The summed E-state index contributed by atoms with van der Waals surface area (Å²) in [7, 11) is 1.62. The van der Waals surface area contributed by atoms with Crippen LogP contribution in [0.1, 0.15) is 29.9 Å². The highest BCUT2D eigenvalue weighted by Crippen LogP contribution is 2.27. The number of aromatic nitrogens is 3. The lowest BCUT2D eigenvalue weighted by Crippen LogP contribution is -2.36. The van der Waals surface area contributed by atoms with E-state index in [0.29, 0.717) is 16.5 Å². The van der Waals surface area contributed by atoms with E-state index >= 15 is 0 Å². The maximum Gasteiger partial charge on any atom is 0.293 e. The Labute approximate surface area is 168 Å². The molecule has 1 fully saturated rings. The van der Waals surface area contributed by atoms with Crippen molar-refractivity contribution in [2.75, 3.05) is 20.2 Å². The SMILES string of the molecule is COc1ccc(-c2nc(C(=O)N3CCCCC3)nn2-c2ccccc2Cl)cc1. The molecule has 2 heterocycles. The van der Waals surface area contributed by atoms with Crippen molar-refractivity contribution in [3.05, 3.63) is 59.4 Å². The van der Waals surface area contributed by atoms with Crippen LogP contribution in [-0.4, -0.2) is 45.8 Å². The minimum absolute atomic E-state index is 0.139. The number of methoxy groups -OCH3 is 1. The Morgan fingerprint density at radius 3 is 2.43 bits per heavy atom. The lowest BCUT2D eigenvalue weighted by atomic mass is 10.1. The Hall–Kier alpha value is -2.86. The monoisotopic (exact) mass is 396 g/mol. The van der Waals surface area contributed by atoms with Gasteiger partial charge in [-0.15, -0.1) is 5.10 Å². The van der Waals surface area contributed by atoms with E-state index in [9.17, 15) is 4.79 Å². The number of carbonyl (C=O) groups excluding carboxylic acids is 1. The predicted octanol–water partition coefficient (Wildman–Crippen LogP) is 4.22. The van der Waals surface area contributed by atoms with Gasteiger partial charge in [-0.1, -0.05) is 23.7 Å². The fraction of sp³-hybridized carbons (Fsp3) is 0.286. The Balaban J connectivity index is 1.79. The van der Waals surface area contributed by atoms with Crippen LogP contribution < -0.4 is 4.74 Å². The fourth-order valence-electron chi connectivity index (χ4n) is 3.36. The van der Waals surface area contributed by atoms with Crippen molar-refractivity contribution in [1.29, 1.82) is 0 Å². The van der Waals surface area contributed by atoms with E-state index in [1.807, 2.05) is 47.4 Å². The number of likely N-dealkylation sites (tertiary alicyclic amines) is 1. The first-order valence-electron chi connectivity index (χ1n) is 9.33. The van der Waals surface area contributed by atoms with Gasteiger partial charge in [0.25, 0.3) is 5.91 Å². The van der Waals surface area contributed by atoms with E-state index in [1.165, 1.54) is 0 Å². The topological polar surface area (TPSA) is 60.2 Å². The van der Waals surface area contributed by atoms with Crippen LogP contribution in [0.15, 0.2) is 48.5 Å². The maximum atomic E-state index is 12.9. The molecular formula is C21H21ClN4O2. The molecule has 3 aromatic rings. The number of piperidine rings is 1. The van der Waals surface area contributed by atoms with Crippen LogP contribution in [0, 0.1) is 0 Å². The molecule has 0 aliphatic carbocycles. The van der Waals surface area contributed by atoms with Gasteiger partial charge in [-0.2, -0.15) is 0 Å². The first-order valence-corrected chi connectivity index (χ1v) is 9.71. The van der Waals surface area contributed by atoms with E-state index in [0.717, 1.165) is 43.7 Å². The number of amides is 1. The molecule has 0 N–H and O–H groups in total. The summed E-state index contributed by atoms with van der Waals surface area (Å²) < 4.78 is 6.88. The van der Waals surface area contributed by atoms with Gasteiger partial charge in [-0.3, -0.25) is 4.79 Å². The summed E-state index contributed by atoms with van der Waals surface area (Å²) in [4.78, 5) is 19.4. The zero-order valence-corrected chi connectivity index (χ0v) is 16.4. The summed E-state index contributed by atoms with van der Waals surface area (Å²) in [6.45, 7) is 1.49. The summed E-state index contributed by atoms with van der Waals surface area (Å²) in [5, 5.41) is 5.07. The molecule has 0 unspecified atom stereocenters. The van der Waals surface area contributed by atoms with E-state index in [1.54, 1.807) is 17.9 Å². The molecular weight excluding hydrogens is 376 g/mol. The number of halogens is 1. The summed E-state index contributed by atoms with van der Waals surface area (Å²) in [5.74, 6) is 1.36. The number of ether oxygens (including phenoxy) is 1. The summed E-state index contributed by atoms with van der Waals surface area (Å²) in [5.41, 5.74) is 1.51. The van der Waals surface area contributed by atoms with Gasteiger partial charge in [-0.05, 0) is 55.7 Å². The fourth-order valence-corrected chi connectivity index (χ4v) is 3.58. The van der Waals surface area contributed by atoms with Crippen molar-refractivity contribution < 1.29 is 9.53 Å². The quantitative estimate of drug-likeness (QED) is 0.662. The number of hydrogen-bond acceptors (Lipinski definition) is 4. The molecule has 6 nitrogen and oxygen atoms in total. The van der Waals surface area contributed by atoms with Gasteiger partial charge in [0.2, 0.25) is 5.82 Å². The lowest BCUT2D eigenvalue weighted by molar-refractivity contribution is 0.0712. The third-order valence-corrected chi connectivity index (χ3v) is 5.19. The first kappa shape index (κ1) is 18.5. The van der Waals surface area contributed by atoms with E-state index in [2.05, 4.69) is 10.1 Å². The minimum Gasteiger partial charge on any atom is -0.497 e. The van der Waals surface area contributed by atoms with E-state index in [4.69, 9.17) is 16.3 Å². The van der Waals surface area contributed by atoms with Gasteiger partial charge in [0.1, 0.15) is 5.75 Å². The van der Waals surface area contributed by atoms with E-state index < -0.39 is 0 Å². The smallest absolute Gasteiger partial charge is 0.293 e. The summed E-state index contributed by atoms with van der Waals surface area (Å²) in [6.07, 6.45) is 3.19. The standard InChI is InChI=1S/C21H21ClN4O2/c1-28-16-11-9-15(10-12-16)20-23-19(21(27)25-13-5-2-6-14-25)24-26(20)18-8-4-3-7-17(18)22/h3-4,7-12H,2,5-6,13-14H2,1H3. The molecule has 2 aromatic carbocycles. The van der Waals surface area contributed by atoms with Crippen molar-refractivity contribution in [3.8, 4) is 22.8 Å². The average Bonchev–Trinajstić information content (AvgIpc) is 3.19. The van der Waals surface area contributed by atoms with Crippen LogP contribution in [0.4, 0.5) is 0 Å². The highest BCUT2D eigenvalue weighted by Gasteiger charge is 2.25. The number of rotatable bonds is 4. The molecule has 1 aromatic heterocycles. The molecule has 0 spiro atoms. The summed E-state index contributed by atoms with van der Waals surface area (Å²) >= 11 is 6.40. The van der Waals surface area contributed by atoms with Crippen molar-refractivity contribution in [3.63, 3.8) is 0 Å². The number of carbonyl (C=O) groups is 1. The molecule has 1 saturated heterocycles. The zero-order valence-electron chi connectivity index (χ0n) is 15.6. The van der Waals surface area contributed by atoms with Crippen LogP contribution in [-0.2, 0) is 0 Å². The number of benzene rings is 2. The number of hydrogen-bond donors (Lipinski definition) is 0. The molecule has 144 valence electrons. The predicted molar refractivity (Wildman–Crippen MR) is 108 cm³/mol. The van der Waals surface area contributed by atoms with Crippen molar-refractivity contribution >= 4 is 17.5 Å². The van der Waals surface area contributed by atoms with Crippen LogP contribution in [0.3, 0.4) is 0 Å². The molecule has 1 amide bonds. The highest BCUT2D eigenvalue weighted by atomic mass is 35.5. The summed E-state index contributed by atoms with van der Waals surface area (Å²) in [6, 6.07) is 14.9. The second-order valence-corrected chi connectivity index (χ2v) is 7.11. The molecule has 1 aliphatic heterocycles. The Bertz CT molecular complexity index is 978. The second-order valence-electron chi connectivity index (χ2n) is 6.70. The second kappa shape index (κ2) is 8.02. The number of para-hydroxylation sites is 1. The molecule has 0 atom stereocenters. The lowest BCUT2D eigenvalue weighted by Gasteiger charge is -2.25. The third kappa shape index (κ3) is 3.60. The van der Waals surface area contributed by atoms with Gasteiger partial charge in [-0.25, -0.2) is 9.67 Å². The van der Waals surface area contributed by atoms with Gasteiger partial charge >= 0.3 is 0 Å². The van der Waals surface area contributed by atoms with Crippen LogP contribution >= 0.6 is 11.6 Å². The normalized spacial score (nSPS) is 14.1. The molecule has 0 saturated carbocycles. The molecule has 28 heavy (non-hydrogen) atoms. The Morgan fingerprint density at radius 2 is 1.75 bits per heavy atom. The highest BCUT2D eigenvalue weighted by molar-refractivity contribution is 6.32. The van der Waals surface area contributed by atoms with Crippen LogP contribution in [0.2, 0.25) is 5.02 Å². The Morgan fingerprint density at radius 1 is 1.04 bits per heavy atom. The maximum absolute atomic E-state index is 12.9. The van der Waals surface area contributed by atoms with Crippen molar-refractivity contribution in [1.82, 2.24) is 19.7 Å². The van der Waals surface area contributed by atoms with Crippen LogP contribution in [0.5, 0.6) is 5.75 Å². The van der Waals surface area contributed by atoms with Crippen LogP contribution in [0.25, 0.3) is 17.1 Å². The minimum atomic E-state index is -0.139. The molecule has 4 rings (SSSR count). The van der Waals surface area contributed by atoms with Gasteiger partial charge in [0.05, 0.1) is 17.8 Å². The number of nitrogens with zero attached hydrogens (tertiary/aromatic N) is 4. The first-order chi connectivity index (χ1) is 13.7. The molecule has 0 radical (unpaired) electrons. The van der Waals surface area contributed by atoms with Gasteiger partial charge < -0.3 is 9.64 Å². The average molecular weight is 397 g/mol. The van der Waals surface area contributed by atoms with Crippen molar-refractivity contribution in [2.45, 2.75) is 19.3 Å². The molecule has 1 aliphatic rings. The largest absolute Gasteiger partial charge is 0.497 e. The van der Waals surface area contributed by atoms with Crippen molar-refractivity contribution in [2.24, 2.45) is 0 Å². The van der Waals surface area contributed by atoms with E-state index in [-0.39, 0.29) is 11.7 Å². The van der Waals surface area contributed by atoms with Gasteiger partial charge in [0, 0.05) is 18.7 Å². The molecule has 0 bridgehead atoms.